The van der Waals surface area contributed by atoms with Gasteiger partial charge in [0.25, 0.3) is 0 Å². The van der Waals surface area contributed by atoms with Gasteiger partial charge in [0.15, 0.2) is 12.1 Å². The highest BCUT2D eigenvalue weighted by Crippen LogP contribution is 2.13. The number of carboxylic acids is 1. The van der Waals surface area contributed by atoms with E-state index in [0.29, 0.717) is 19.3 Å². The minimum absolute atomic E-state index is 0.0504. The van der Waals surface area contributed by atoms with E-state index in [1.807, 2.05) is 21.1 Å². The van der Waals surface area contributed by atoms with Crippen LogP contribution in [0.25, 0.3) is 0 Å². The number of carboxylic acid groups (broad SMARTS) is 1. The average molecular weight is 611 g/mol. The molecule has 0 bridgehead atoms. The Labute approximate surface area is 262 Å². The lowest BCUT2D eigenvalue weighted by Gasteiger charge is -2.31. The van der Waals surface area contributed by atoms with Crippen molar-refractivity contribution < 1.29 is 38.2 Å². The molecule has 0 aliphatic carbocycles. The van der Waals surface area contributed by atoms with Gasteiger partial charge >= 0.3 is 17.9 Å². The predicted molar refractivity (Wildman–Crippen MR) is 174 cm³/mol. The lowest BCUT2D eigenvalue weighted by atomic mass is 10.1. The highest BCUT2D eigenvalue weighted by molar-refractivity contribution is 5.72. The highest BCUT2D eigenvalue weighted by Gasteiger charge is 2.31. The van der Waals surface area contributed by atoms with E-state index in [9.17, 15) is 19.5 Å². The number of hydrogen-bond acceptors (Lipinski definition) is 6. The van der Waals surface area contributed by atoms with E-state index < -0.39 is 18.1 Å². The molecule has 0 amide bonds. The van der Waals surface area contributed by atoms with Crippen LogP contribution in [0.15, 0.2) is 24.3 Å². The first-order valence-electron chi connectivity index (χ1n) is 16.9. The summed E-state index contributed by atoms with van der Waals surface area (Å²) in [5.41, 5.74) is 0. The number of unbranched alkanes of at least 4 members (excludes halogenated alkanes) is 11. The van der Waals surface area contributed by atoms with Crippen molar-refractivity contribution in [3.8, 4) is 0 Å². The Morgan fingerprint density at radius 3 is 1.91 bits per heavy atom. The summed E-state index contributed by atoms with van der Waals surface area (Å²) in [6.45, 7) is 4.53. The number of hydrogen-bond donors (Lipinski definition) is 1. The Bertz CT molecular complexity index is 773. The number of likely N-dealkylation sites (N-methyl/N-ethyl adjacent to an activating group) is 1. The molecule has 0 fully saturated rings. The molecule has 8 nitrogen and oxygen atoms in total. The maximum Gasteiger partial charge on any atom is 0.362 e. The minimum atomic E-state index is -0.882. The van der Waals surface area contributed by atoms with Gasteiger partial charge in [-0.3, -0.25) is 9.59 Å². The van der Waals surface area contributed by atoms with Crippen molar-refractivity contribution in [1.29, 1.82) is 0 Å². The second-order valence-electron chi connectivity index (χ2n) is 12.4. The van der Waals surface area contributed by atoms with Crippen molar-refractivity contribution in [2.75, 3.05) is 41.0 Å². The average Bonchev–Trinajstić information content (AvgIpc) is 2.94. The molecule has 250 valence electrons. The van der Waals surface area contributed by atoms with Crippen molar-refractivity contribution in [2.24, 2.45) is 0 Å². The molecule has 2 unspecified atom stereocenters. The second-order valence-corrected chi connectivity index (χ2v) is 12.4. The van der Waals surface area contributed by atoms with Crippen LogP contribution in [0.3, 0.4) is 0 Å². The molecule has 0 aliphatic heterocycles. The smallest absolute Gasteiger partial charge is 0.362 e. The first-order valence-corrected chi connectivity index (χ1v) is 16.9. The molecule has 0 aliphatic rings. The largest absolute Gasteiger partial charge is 0.477 e. The minimum Gasteiger partial charge on any atom is -0.477 e. The van der Waals surface area contributed by atoms with Gasteiger partial charge in [0, 0.05) is 19.3 Å². The van der Waals surface area contributed by atoms with Crippen molar-refractivity contribution in [1.82, 2.24) is 0 Å². The summed E-state index contributed by atoms with van der Waals surface area (Å²) in [6, 6.07) is -0.614. The molecule has 0 saturated carbocycles. The van der Waals surface area contributed by atoms with Crippen LogP contribution in [0.2, 0.25) is 0 Å². The lowest BCUT2D eigenvalue weighted by Crippen LogP contribution is -2.50. The summed E-state index contributed by atoms with van der Waals surface area (Å²) < 4.78 is 17.0. The Hall–Kier alpha value is -2.19. The van der Waals surface area contributed by atoms with Gasteiger partial charge in [-0.25, -0.2) is 4.79 Å². The first-order chi connectivity index (χ1) is 20.6. The molecule has 2 atom stereocenters. The van der Waals surface area contributed by atoms with E-state index in [0.717, 1.165) is 44.9 Å². The SMILES string of the molecule is CC/C=C/C/C=C/CCCCC(=O)OC(COCCC(C(=O)O)[N+](C)(C)C)COC(=O)CCCCCCCCCCCC. The molecule has 0 spiro atoms. The Morgan fingerprint density at radius 2 is 1.30 bits per heavy atom. The van der Waals surface area contributed by atoms with Gasteiger partial charge in [0.05, 0.1) is 34.4 Å². The van der Waals surface area contributed by atoms with Crippen LogP contribution in [0.5, 0.6) is 0 Å². The van der Waals surface area contributed by atoms with E-state index in [2.05, 4.69) is 38.2 Å². The van der Waals surface area contributed by atoms with Crippen LogP contribution >= 0.6 is 0 Å². The fraction of sp³-hybridized carbons (Fsp3) is 0.800. The van der Waals surface area contributed by atoms with Gasteiger partial charge in [-0.2, -0.15) is 0 Å². The fourth-order valence-electron chi connectivity index (χ4n) is 4.71. The number of nitrogens with zero attached hydrogens (tertiary/aromatic N) is 1. The fourth-order valence-corrected chi connectivity index (χ4v) is 4.71. The standard InChI is InChI=1S/C35H63NO7/c1-6-8-10-12-14-16-18-19-21-23-25-33(37)42-30-31(29-41-28-27-32(35(39)40)36(3,4)5)43-34(38)26-24-22-20-17-15-13-11-9-7-2/h9,11,15,17,31-32H,6-8,10,12-14,16,18-30H2,1-5H3/p+1/b11-9+,17-15+. The van der Waals surface area contributed by atoms with Gasteiger partial charge < -0.3 is 23.8 Å². The summed E-state index contributed by atoms with van der Waals surface area (Å²) in [4.78, 5) is 36.5. The normalized spacial score (nSPS) is 13.4. The van der Waals surface area contributed by atoms with Gasteiger partial charge in [-0.05, 0) is 38.5 Å². The zero-order valence-corrected chi connectivity index (χ0v) is 28.2. The van der Waals surface area contributed by atoms with Crippen LogP contribution in [-0.2, 0) is 28.6 Å². The molecule has 8 heteroatoms. The molecule has 0 saturated heterocycles. The number of aliphatic carboxylic acids is 1. The third kappa shape index (κ3) is 26.0. The van der Waals surface area contributed by atoms with Crippen LogP contribution in [0.4, 0.5) is 0 Å². The van der Waals surface area contributed by atoms with Crippen molar-refractivity contribution >= 4 is 17.9 Å². The number of rotatable bonds is 29. The zero-order chi connectivity index (χ0) is 32.2. The Balaban J connectivity index is 4.52. The van der Waals surface area contributed by atoms with Crippen LogP contribution in [-0.4, -0.2) is 80.6 Å². The molecule has 0 heterocycles. The van der Waals surface area contributed by atoms with E-state index in [1.54, 1.807) is 0 Å². The van der Waals surface area contributed by atoms with Gasteiger partial charge in [0.2, 0.25) is 0 Å². The summed E-state index contributed by atoms with van der Waals surface area (Å²) in [6.07, 6.45) is 25.2. The van der Waals surface area contributed by atoms with E-state index >= 15 is 0 Å². The van der Waals surface area contributed by atoms with Crippen LogP contribution in [0.1, 0.15) is 129 Å². The van der Waals surface area contributed by atoms with Gasteiger partial charge in [-0.1, -0.05) is 95.9 Å². The third-order valence-corrected chi connectivity index (χ3v) is 7.37. The second kappa shape index (κ2) is 27.4. The van der Waals surface area contributed by atoms with E-state index in [-0.39, 0.29) is 42.7 Å². The quantitative estimate of drug-likeness (QED) is 0.0399. The van der Waals surface area contributed by atoms with Crippen molar-refractivity contribution in [2.45, 2.75) is 142 Å². The van der Waals surface area contributed by atoms with E-state index in [4.69, 9.17) is 14.2 Å². The molecular weight excluding hydrogens is 546 g/mol. The molecule has 0 rings (SSSR count). The summed E-state index contributed by atoms with van der Waals surface area (Å²) >= 11 is 0. The summed E-state index contributed by atoms with van der Waals surface area (Å²) in [7, 11) is 5.49. The number of ether oxygens (including phenoxy) is 3. The Morgan fingerprint density at radius 1 is 0.721 bits per heavy atom. The summed E-state index contributed by atoms with van der Waals surface area (Å²) in [5, 5.41) is 9.53. The summed E-state index contributed by atoms with van der Waals surface area (Å²) in [5.74, 6) is -1.52. The van der Waals surface area contributed by atoms with Crippen molar-refractivity contribution in [3.05, 3.63) is 24.3 Å². The molecule has 43 heavy (non-hydrogen) atoms. The topological polar surface area (TPSA) is 99.1 Å². The van der Waals surface area contributed by atoms with Gasteiger partial charge in [-0.15, -0.1) is 0 Å². The Kier molecular flexibility index (Phi) is 26.0. The third-order valence-electron chi connectivity index (χ3n) is 7.37. The van der Waals surface area contributed by atoms with Crippen LogP contribution in [0, 0.1) is 0 Å². The molecule has 0 aromatic carbocycles. The molecule has 0 radical (unpaired) electrons. The molecule has 0 aromatic rings. The molecular formula is C35H64NO7+. The van der Waals surface area contributed by atoms with Gasteiger partial charge in [0.1, 0.15) is 6.61 Å². The van der Waals surface area contributed by atoms with Crippen LogP contribution < -0.4 is 0 Å². The lowest BCUT2D eigenvalue weighted by molar-refractivity contribution is -0.887. The van der Waals surface area contributed by atoms with E-state index in [1.165, 1.54) is 44.9 Å². The molecule has 1 N–H and O–H groups in total. The monoisotopic (exact) mass is 610 g/mol. The number of carbonyl (C=O) groups excluding carboxylic acids is 2. The zero-order valence-electron chi connectivity index (χ0n) is 28.2. The molecule has 0 aromatic heterocycles. The maximum atomic E-state index is 12.5. The maximum absolute atomic E-state index is 12.5. The van der Waals surface area contributed by atoms with Crippen molar-refractivity contribution in [3.63, 3.8) is 0 Å². The number of carbonyl (C=O) groups is 3. The first kappa shape index (κ1) is 40.8. The number of allylic oxidation sites excluding steroid dienone is 4. The predicted octanol–water partition coefficient (Wildman–Crippen LogP) is 7.79. The number of esters is 2. The highest BCUT2D eigenvalue weighted by atomic mass is 16.6. The number of quaternary nitrogens is 1.